The van der Waals surface area contributed by atoms with Crippen LogP contribution in [0.1, 0.15) is 25.5 Å². The lowest BCUT2D eigenvalue weighted by molar-refractivity contribution is 0.792. The summed E-state index contributed by atoms with van der Waals surface area (Å²) in [5.74, 6) is 1.13. The van der Waals surface area contributed by atoms with E-state index in [4.69, 9.17) is 0 Å². The van der Waals surface area contributed by atoms with Crippen LogP contribution in [0.2, 0.25) is 0 Å². The molecule has 4 nitrogen and oxygen atoms in total. The van der Waals surface area contributed by atoms with E-state index in [1.54, 1.807) is 12.5 Å². The van der Waals surface area contributed by atoms with Crippen LogP contribution >= 0.6 is 0 Å². The molecule has 0 aliphatic rings. The van der Waals surface area contributed by atoms with Crippen LogP contribution in [-0.2, 0) is 0 Å². The average molecular weight is 162 g/mol. The number of hydrogen-bond donors (Lipinski definition) is 0. The molecule has 0 amide bonds. The van der Waals surface area contributed by atoms with Crippen molar-refractivity contribution in [2.45, 2.75) is 19.8 Å². The lowest BCUT2D eigenvalue weighted by atomic mass is 10.1. The normalized spacial score (nSPS) is 11.2. The van der Waals surface area contributed by atoms with E-state index in [1.165, 1.54) is 5.69 Å². The Hall–Kier alpha value is -1.45. The van der Waals surface area contributed by atoms with Gasteiger partial charge in [0.05, 0.1) is 0 Å². The van der Waals surface area contributed by atoms with Crippen LogP contribution in [0.3, 0.4) is 0 Å². The van der Waals surface area contributed by atoms with Gasteiger partial charge in [0, 0.05) is 11.9 Å². The zero-order valence-electron chi connectivity index (χ0n) is 7.10. The standard InChI is InChI=1S/C8H10N4/c1-6(2)7-3-4-9-8-11-10-5-12(7)8/h3-6H,1-2H3. The minimum atomic E-state index is 0.464. The highest BCUT2D eigenvalue weighted by molar-refractivity contribution is 5.28. The number of aromatic nitrogens is 4. The number of fused-ring (bicyclic) bond motifs is 1. The van der Waals surface area contributed by atoms with E-state index >= 15 is 0 Å². The number of rotatable bonds is 1. The third kappa shape index (κ3) is 0.958. The molecule has 0 radical (unpaired) electrons. The molecule has 0 unspecified atom stereocenters. The van der Waals surface area contributed by atoms with Crippen molar-refractivity contribution < 1.29 is 0 Å². The number of nitrogens with zero attached hydrogens (tertiary/aromatic N) is 4. The van der Waals surface area contributed by atoms with E-state index < -0.39 is 0 Å². The molecule has 0 aliphatic heterocycles. The van der Waals surface area contributed by atoms with Gasteiger partial charge in [-0.15, -0.1) is 10.2 Å². The van der Waals surface area contributed by atoms with E-state index in [1.807, 2.05) is 10.5 Å². The largest absolute Gasteiger partial charge is 0.270 e. The monoisotopic (exact) mass is 162 g/mol. The Balaban J connectivity index is 2.73. The summed E-state index contributed by atoms with van der Waals surface area (Å²) in [5, 5.41) is 7.66. The first kappa shape index (κ1) is 7.21. The van der Waals surface area contributed by atoms with Crippen LogP contribution in [0.5, 0.6) is 0 Å². The van der Waals surface area contributed by atoms with Crippen LogP contribution in [0.4, 0.5) is 0 Å². The van der Waals surface area contributed by atoms with Gasteiger partial charge in [0.15, 0.2) is 0 Å². The smallest absolute Gasteiger partial charge is 0.254 e. The fraction of sp³-hybridized carbons (Fsp3) is 0.375. The highest BCUT2D eigenvalue weighted by Gasteiger charge is 2.04. The first-order valence-electron chi connectivity index (χ1n) is 3.93. The molecule has 2 aromatic heterocycles. The van der Waals surface area contributed by atoms with Crippen LogP contribution < -0.4 is 0 Å². The van der Waals surface area contributed by atoms with Crippen molar-refractivity contribution in [3.05, 3.63) is 24.3 Å². The van der Waals surface area contributed by atoms with E-state index in [9.17, 15) is 0 Å². The van der Waals surface area contributed by atoms with E-state index in [0.29, 0.717) is 11.7 Å². The molecule has 2 rings (SSSR count). The summed E-state index contributed by atoms with van der Waals surface area (Å²) in [5.41, 5.74) is 1.19. The SMILES string of the molecule is CC(C)c1ccnc2nncn12. The summed E-state index contributed by atoms with van der Waals surface area (Å²) in [6.45, 7) is 4.27. The average Bonchev–Trinajstić information content (AvgIpc) is 2.49. The third-order valence-electron chi connectivity index (χ3n) is 1.83. The lowest BCUT2D eigenvalue weighted by Crippen LogP contribution is -1.98. The Bertz CT molecular complexity index is 391. The maximum absolute atomic E-state index is 4.07. The minimum Gasteiger partial charge on any atom is -0.270 e. The highest BCUT2D eigenvalue weighted by atomic mass is 15.3. The van der Waals surface area contributed by atoms with Gasteiger partial charge in [0.2, 0.25) is 0 Å². The molecule has 62 valence electrons. The Morgan fingerprint density at radius 2 is 2.25 bits per heavy atom. The summed E-state index contributed by atoms with van der Waals surface area (Å²) in [6.07, 6.45) is 3.46. The van der Waals surface area contributed by atoms with Crippen molar-refractivity contribution in [2.24, 2.45) is 0 Å². The van der Waals surface area contributed by atoms with Crippen molar-refractivity contribution in [1.82, 2.24) is 19.6 Å². The lowest BCUT2D eigenvalue weighted by Gasteiger charge is -2.05. The van der Waals surface area contributed by atoms with Crippen molar-refractivity contribution >= 4 is 5.78 Å². The molecule has 0 saturated carbocycles. The second-order valence-corrected chi connectivity index (χ2v) is 3.03. The van der Waals surface area contributed by atoms with Gasteiger partial charge in [-0.05, 0) is 12.0 Å². The molecule has 2 aromatic rings. The quantitative estimate of drug-likeness (QED) is 0.633. The fourth-order valence-electron chi connectivity index (χ4n) is 1.23. The molecule has 0 saturated heterocycles. The molecular formula is C8H10N4. The molecule has 0 fully saturated rings. The predicted molar refractivity (Wildman–Crippen MR) is 44.9 cm³/mol. The van der Waals surface area contributed by atoms with E-state index in [0.717, 1.165) is 0 Å². The van der Waals surface area contributed by atoms with E-state index in [-0.39, 0.29) is 0 Å². The first-order chi connectivity index (χ1) is 5.79. The maximum Gasteiger partial charge on any atom is 0.254 e. The molecule has 0 bridgehead atoms. The maximum atomic E-state index is 4.07. The zero-order valence-corrected chi connectivity index (χ0v) is 7.10. The second kappa shape index (κ2) is 2.55. The van der Waals surface area contributed by atoms with Gasteiger partial charge < -0.3 is 0 Å². The molecule has 4 heteroatoms. The van der Waals surface area contributed by atoms with Gasteiger partial charge in [-0.25, -0.2) is 4.98 Å². The Kier molecular flexibility index (Phi) is 1.53. The van der Waals surface area contributed by atoms with Crippen LogP contribution in [0, 0.1) is 0 Å². The Morgan fingerprint density at radius 3 is 3.00 bits per heavy atom. The van der Waals surface area contributed by atoms with Crippen molar-refractivity contribution in [2.75, 3.05) is 0 Å². The molecule has 2 heterocycles. The Labute approximate surface area is 70.3 Å². The van der Waals surface area contributed by atoms with Crippen molar-refractivity contribution in [3.8, 4) is 0 Å². The van der Waals surface area contributed by atoms with Gasteiger partial charge in [-0.3, -0.25) is 4.40 Å². The van der Waals surface area contributed by atoms with Gasteiger partial charge >= 0.3 is 0 Å². The minimum absolute atomic E-state index is 0.464. The Morgan fingerprint density at radius 1 is 1.42 bits per heavy atom. The van der Waals surface area contributed by atoms with Gasteiger partial charge in [0.25, 0.3) is 5.78 Å². The van der Waals surface area contributed by atoms with Gasteiger partial charge in [0.1, 0.15) is 6.33 Å². The fourth-order valence-corrected chi connectivity index (χ4v) is 1.23. The zero-order chi connectivity index (χ0) is 8.55. The van der Waals surface area contributed by atoms with Crippen molar-refractivity contribution in [3.63, 3.8) is 0 Å². The van der Waals surface area contributed by atoms with Gasteiger partial charge in [-0.1, -0.05) is 13.8 Å². The predicted octanol–water partition coefficient (Wildman–Crippen LogP) is 1.25. The second-order valence-electron chi connectivity index (χ2n) is 3.03. The van der Waals surface area contributed by atoms with Crippen LogP contribution in [-0.4, -0.2) is 19.6 Å². The first-order valence-corrected chi connectivity index (χ1v) is 3.93. The summed E-state index contributed by atoms with van der Waals surface area (Å²) >= 11 is 0. The van der Waals surface area contributed by atoms with Gasteiger partial charge in [-0.2, -0.15) is 0 Å². The summed E-state index contributed by atoms with van der Waals surface area (Å²) in [6, 6.07) is 1.99. The summed E-state index contributed by atoms with van der Waals surface area (Å²) < 4.78 is 1.91. The topological polar surface area (TPSA) is 43.1 Å². The third-order valence-corrected chi connectivity index (χ3v) is 1.83. The van der Waals surface area contributed by atoms with Crippen LogP contribution in [0.15, 0.2) is 18.6 Å². The molecule has 0 aromatic carbocycles. The molecule has 0 spiro atoms. The molecular weight excluding hydrogens is 152 g/mol. The summed E-state index contributed by atoms with van der Waals surface area (Å²) in [4.78, 5) is 4.07. The number of hydrogen-bond acceptors (Lipinski definition) is 3. The molecule has 0 aliphatic carbocycles. The highest BCUT2D eigenvalue weighted by Crippen LogP contribution is 2.12. The van der Waals surface area contributed by atoms with Crippen LogP contribution in [0.25, 0.3) is 5.78 Å². The van der Waals surface area contributed by atoms with Crippen molar-refractivity contribution in [1.29, 1.82) is 0 Å². The molecule has 12 heavy (non-hydrogen) atoms. The molecule has 0 atom stereocenters. The summed E-state index contributed by atoms with van der Waals surface area (Å²) in [7, 11) is 0. The molecule has 0 N–H and O–H groups in total. The van der Waals surface area contributed by atoms with E-state index in [2.05, 4.69) is 29.0 Å².